The number of H-pyrrole nitrogens is 1. The third kappa shape index (κ3) is 4.22. The van der Waals surface area contributed by atoms with E-state index in [-0.39, 0.29) is 11.3 Å². The summed E-state index contributed by atoms with van der Waals surface area (Å²) in [6.07, 6.45) is 4.54. The van der Waals surface area contributed by atoms with E-state index in [1.807, 2.05) is 25.3 Å². The first kappa shape index (κ1) is 19.3. The molecule has 1 aromatic carbocycles. The Morgan fingerprint density at radius 2 is 2.03 bits per heavy atom. The molecule has 1 aliphatic heterocycles. The monoisotopic (exact) mass is 393 g/mol. The number of benzene rings is 1. The molecule has 29 heavy (non-hydrogen) atoms. The normalized spacial score (nSPS) is 17.1. The van der Waals surface area contributed by atoms with Gasteiger partial charge in [-0.2, -0.15) is 5.10 Å². The zero-order chi connectivity index (χ0) is 20.6. The molecule has 0 bridgehead atoms. The van der Waals surface area contributed by atoms with Crippen LogP contribution < -0.4 is 10.2 Å². The highest BCUT2D eigenvalue weighted by Gasteiger charge is 2.27. The van der Waals surface area contributed by atoms with Crippen molar-refractivity contribution in [1.82, 2.24) is 30.7 Å². The molecule has 8 heteroatoms. The van der Waals surface area contributed by atoms with E-state index in [1.54, 1.807) is 12.3 Å². The fourth-order valence-electron chi connectivity index (χ4n) is 3.78. The van der Waals surface area contributed by atoms with Crippen LogP contribution in [0.25, 0.3) is 22.4 Å². The van der Waals surface area contributed by atoms with Gasteiger partial charge in [0.2, 0.25) is 5.95 Å². The van der Waals surface area contributed by atoms with E-state index in [0.29, 0.717) is 23.2 Å². The van der Waals surface area contributed by atoms with Crippen molar-refractivity contribution in [1.29, 1.82) is 0 Å². The Hall–Kier alpha value is -3.00. The Labute approximate surface area is 170 Å². The zero-order valence-corrected chi connectivity index (χ0v) is 17.3. The maximum absolute atomic E-state index is 10.5. The van der Waals surface area contributed by atoms with Crippen LogP contribution in [-0.4, -0.2) is 55.2 Å². The van der Waals surface area contributed by atoms with E-state index in [4.69, 9.17) is 0 Å². The summed E-state index contributed by atoms with van der Waals surface area (Å²) in [5.74, 6) is 0.764. The Morgan fingerprint density at radius 1 is 1.21 bits per heavy atom. The van der Waals surface area contributed by atoms with Gasteiger partial charge in [-0.05, 0) is 51.8 Å². The van der Waals surface area contributed by atoms with Gasteiger partial charge in [0.05, 0.1) is 11.9 Å². The number of aryl methyl sites for hydroxylation is 1. The highest BCUT2D eigenvalue weighted by Crippen LogP contribution is 2.33. The molecule has 0 amide bonds. The van der Waals surface area contributed by atoms with E-state index in [9.17, 15) is 5.11 Å². The molecule has 0 aliphatic carbocycles. The maximum Gasteiger partial charge on any atom is 0.245 e. The zero-order valence-electron chi connectivity index (χ0n) is 17.3. The number of phenols is 1. The minimum atomic E-state index is 0.0856. The van der Waals surface area contributed by atoms with Gasteiger partial charge in [-0.25, -0.2) is 4.98 Å². The van der Waals surface area contributed by atoms with Crippen molar-refractivity contribution in [3.63, 3.8) is 0 Å². The van der Waals surface area contributed by atoms with Crippen LogP contribution in [0.3, 0.4) is 0 Å². The minimum absolute atomic E-state index is 0.0856. The topological polar surface area (TPSA) is 103 Å². The van der Waals surface area contributed by atoms with Crippen LogP contribution >= 0.6 is 0 Å². The summed E-state index contributed by atoms with van der Waals surface area (Å²) < 4.78 is 0. The summed E-state index contributed by atoms with van der Waals surface area (Å²) in [5.41, 5.74) is 3.97. The molecular weight excluding hydrogens is 366 g/mol. The Kier molecular flexibility index (Phi) is 4.96. The molecule has 4 rings (SSSR count). The SMILES string of the molecule is Cc1n[nH]cc1-c1ccc(-c2cnc(N3CCC(NC(C)(C)C)C3)nn2)c(O)c1. The van der Waals surface area contributed by atoms with Gasteiger partial charge in [0, 0.05) is 42.0 Å². The van der Waals surface area contributed by atoms with Crippen molar-refractivity contribution >= 4 is 5.95 Å². The molecule has 0 saturated carbocycles. The maximum atomic E-state index is 10.5. The van der Waals surface area contributed by atoms with Gasteiger partial charge in [-0.1, -0.05) is 6.07 Å². The van der Waals surface area contributed by atoms with Gasteiger partial charge in [-0.3, -0.25) is 5.10 Å². The van der Waals surface area contributed by atoms with Crippen molar-refractivity contribution in [3.8, 4) is 28.1 Å². The lowest BCUT2D eigenvalue weighted by Crippen LogP contribution is -2.45. The second kappa shape index (κ2) is 7.44. The van der Waals surface area contributed by atoms with Crippen molar-refractivity contribution in [2.45, 2.75) is 45.7 Å². The second-order valence-electron chi connectivity index (χ2n) is 8.59. The summed E-state index contributed by atoms with van der Waals surface area (Å²) in [4.78, 5) is 6.64. The van der Waals surface area contributed by atoms with Gasteiger partial charge in [0.15, 0.2) is 0 Å². The Morgan fingerprint density at radius 3 is 2.66 bits per heavy atom. The summed E-state index contributed by atoms with van der Waals surface area (Å²) >= 11 is 0. The van der Waals surface area contributed by atoms with Crippen molar-refractivity contribution in [2.75, 3.05) is 18.0 Å². The van der Waals surface area contributed by atoms with Crippen LogP contribution in [0.2, 0.25) is 0 Å². The van der Waals surface area contributed by atoms with Crippen LogP contribution in [0, 0.1) is 6.92 Å². The lowest BCUT2D eigenvalue weighted by atomic mass is 10.0. The average molecular weight is 393 g/mol. The van der Waals surface area contributed by atoms with Crippen LogP contribution in [0.1, 0.15) is 32.9 Å². The fourth-order valence-corrected chi connectivity index (χ4v) is 3.78. The molecule has 3 N–H and O–H groups in total. The first-order chi connectivity index (χ1) is 13.8. The molecule has 3 aromatic rings. The number of nitrogens with one attached hydrogen (secondary N) is 2. The predicted octanol–water partition coefficient (Wildman–Crippen LogP) is 2.91. The summed E-state index contributed by atoms with van der Waals surface area (Å²) in [6.45, 7) is 10.2. The van der Waals surface area contributed by atoms with Crippen molar-refractivity contribution < 1.29 is 5.11 Å². The number of hydrogen-bond donors (Lipinski definition) is 3. The third-order valence-corrected chi connectivity index (χ3v) is 5.07. The number of rotatable bonds is 4. The first-order valence-corrected chi connectivity index (χ1v) is 9.87. The quantitative estimate of drug-likeness (QED) is 0.626. The molecule has 8 nitrogen and oxygen atoms in total. The van der Waals surface area contributed by atoms with E-state index >= 15 is 0 Å². The van der Waals surface area contributed by atoms with Crippen LogP contribution in [0.4, 0.5) is 5.95 Å². The van der Waals surface area contributed by atoms with Gasteiger partial charge < -0.3 is 15.3 Å². The smallest absolute Gasteiger partial charge is 0.245 e. The number of phenolic OH excluding ortho intramolecular Hbond substituents is 1. The highest BCUT2D eigenvalue weighted by atomic mass is 16.3. The molecule has 1 aliphatic rings. The van der Waals surface area contributed by atoms with Gasteiger partial charge in [0.25, 0.3) is 0 Å². The molecule has 1 unspecified atom stereocenters. The van der Waals surface area contributed by atoms with Crippen molar-refractivity contribution in [2.24, 2.45) is 0 Å². The standard InChI is InChI=1S/C21H27N7O/c1-13-17(10-23-25-13)14-5-6-16(19(29)9-14)18-11-22-20(27-26-18)28-8-7-15(12-28)24-21(2,3)4/h5-6,9-11,15,24,29H,7-8,12H2,1-4H3,(H,23,25). The van der Waals surface area contributed by atoms with E-state index < -0.39 is 0 Å². The van der Waals surface area contributed by atoms with E-state index in [2.05, 4.69) is 56.4 Å². The molecule has 1 fully saturated rings. The minimum Gasteiger partial charge on any atom is -0.507 e. The predicted molar refractivity (Wildman–Crippen MR) is 113 cm³/mol. The van der Waals surface area contributed by atoms with Gasteiger partial charge in [0.1, 0.15) is 11.4 Å². The van der Waals surface area contributed by atoms with E-state index in [1.165, 1.54) is 0 Å². The Balaban J connectivity index is 1.49. The number of aromatic amines is 1. The molecular formula is C21H27N7O. The molecule has 0 spiro atoms. The molecule has 2 aromatic heterocycles. The number of hydrogen-bond acceptors (Lipinski definition) is 7. The van der Waals surface area contributed by atoms with Crippen molar-refractivity contribution in [3.05, 3.63) is 36.3 Å². The molecule has 0 radical (unpaired) electrons. The molecule has 1 saturated heterocycles. The average Bonchev–Trinajstić information content (AvgIpc) is 3.29. The summed E-state index contributed by atoms with van der Waals surface area (Å²) in [6, 6.07) is 5.90. The molecule has 152 valence electrons. The Bertz CT molecular complexity index is 991. The van der Waals surface area contributed by atoms with Gasteiger partial charge >= 0.3 is 0 Å². The van der Waals surface area contributed by atoms with Gasteiger partial charge in [-0.15, -0.1) is 10.2 Å². The second-order valence-corrected chi connectivity index (χ2v) is 8.59. The molecule has 3 heterocycles. The third-order valence-electron chi connectivity index (χ3n) is 5.07. The summed E-state index contributed by atoms with van der Waals surface area (Å²) in [5, 5.41) is 29.7. The molecule has 1 atom stereocenters. The van der Waals surface area contributed by atoms with Crippen LogP contribution in [0.15, 0.2) is 30.6 Å². The van der Waals surface area contributed by atoms with Crippen LogP contribution in [-0.2, 0) is 0 Å². The number of aromatic hydroxyl groups is 1. The lowest BCUT2D eigenvalue weighted by Gasteiger charge is -2.25. The lowest BCUT2D eigenvalue weighted by molar-refractivity contribution is 0.373. The highest BCUT2D eigenvalue weighted by molar-refractivity contribution is 5.74. The fraction of sp³-hybridized carbons (Fsp3) is 0.429. The first-order valence-electron chi connectivity index (χ1n) is 9.87. The van der Waals surface area contributed by atoms with E-state index in [0.717, 1.165) is 36.3 Å². The largest absolute Gasteiger partial charge is 0.507 e. The number of anilines is 1. The number of nitrogens with zero attached hydrogens (tertiary/aromatic N) is 5. The number of aromatic nitrogens is 5. The summed E-state index contributed by atoms with van der Waals surface area (Å²) in [7, 11) is 0. The van der Waals surface area contributed by atoms with Crippen LogP contribution in [0.5, 0.6) is 5.75 Å².